The molecule has 0 saturated heterocycles. The third-order valence-electron chi connectivity index (χ3n) is 2.43. The van der Waals surface area contributed by atoms with Gasteiger partial charge in [0.15, 0.2) is 9.73 Å². The number of ether oxygens (including phenoxy) is 2. The number of fused-ring (bicyclic) bond motifs is 1. The van der Waals surface area contributed by atoms with Gasteiger partial charge in [0.2, 0.25) is 0 Å². The lowest BCUT2D eigenvalue weighted by Gasteiger charge is -2.19. The van der Waals surface area contributed by atoms with Gasteiger partial charge in [0, 0.05) is 6.07 Å². The van der Waals surface area contributed by atoms with Crippen LogP contribution in [0.15, 0.2) is 16.0 Å². The zero-order valence-electron chi connectivity index (χ0n) is 12.4. The van der Waals surface area contributed by atoms with E-state index < -0.39 is 17.5 Å². The van der Waals surface area contributed by atoms with Gasteiger partial charge in [0.25, 0.3) is 0 Å². The van der Waals surface area contributed by atoms with Crippen molar-refractivity contribution in [2.24, 2.45) is 0 Å². The highest BCUT2D eigenvalue weighted by molar-refractivity contribution is 9.11. The summed E-state index contributed by atoms with van der Waals surface area (Å²) >= 11 is 4.55. The molecule has 0 unspecified atom stereocenters. The molecule has 0 aliphatic heterocycles. The van der Waals surface area contributed by atoms with E-state index in [-0.39, 0.29) is 13.2 Å². The number of halogens is 2. The van der Waals surface area contributed by atoms with Crippen molar-refractivity contribution in [3.05, 3.63) is 21.9 Å². The molecule has 1 heterocycles. The van der Waals surface area contributed by atoms with Gasteiger partial charge in [-0.3, -0.25) is 0 Å². The molecule has 1 aromatic heterocycles. The van der Waals surface area contributed by atoms with Crippen molar-refractivity contribution < 1.29 is 18.7 Å². The molecule has 0 bridgehead atoms. The number of rotatable bonds is 4. The summed E-state index contributed by atoms with van der Waals surface area (Å²) in [6.07, 6.45) is -0.510. The van der Waals surface area contributed by atoms with Gasteiger partial charge >= 0.3 is 6.09 Å². The van der Waals surface area contributed by atoms with Gasteiger partial charge in [0.05, 0.1) is 11.2 Å². The highest BCUT2D eigenvalue weighted by Gasteiger charge is 2.15. The van der Waals surface area contributed by atoms with E-state index in [2.05, 4.69) is 26.2 Å². The van der Waals surface area contributed by atoms with Crippen molar-refractivity contribution in [1.29, 1.82) is 0 Å². The number of thiazole rings is 1. The highest BCUT2D eigenvalue weighted by Crippen LogP contribution is 2.31. The van der Waals surface area contributed by atoms with Crippen LogP contribution in [0.1, 0.15) is 20.8 Å². The molecular weight excluding hydrogens is 375 g/mol. The molecule has 0 fully saturated rings. The fourth-order valence-corrected chi connectivity index (χ4v) is 3.09. The molecule has 2 rings (SSSR count). The molecule has 0 aliphatic carbocycles. The van der Waals surface area contributed by atoms with Crippen LogP contribution in [0.5, 0.6) is 5.75 Å². The molecule has 0 radical (unpaired) electrons. The van der Waals surface area contributed by atoms with Gasteiger partial charge in [-0.25, -0.2) is 14.2 Å². The zero-order chi connectivity index (χ0) is 16.3. The lowest BCUT2D eigenvalue weighted by molar-refractivity contribution is 0.0520. The second kappa shape index (κ2) is 6.78. The molecule has 2 aromatic rings. The molecule has 0 saturated carbocycles. The predicted molar refractivity (Wildman–Crippen MR) is 87.0 cm³/mol. The fourth-order valence-electron chi connectivity index (χ4n) is 1.66. The second-order valence-corrected chi connectivity index (χ2v) is 7.80. The van der Waals surface area contributed by atoms with Crippen LogP contribution in [0.25, 0.3) is 10.2 Å². The average molecular weight is 391 g/mol. The summed E-state index contributed by atoms with van der Waals surface area (Å²) in [7, 11) is 0. The first-order valence-electron chi connectivity index (χ1n) is 6.60. The number of carbonyl (C=O) groups is 1. The van der Waals surface area contributed by atoms with Gasteiger partial charge in [-0.15, -0.1) is 11.3 Å². The van der Waals surface area contributed by atoms with Crippen molar-refractivity contribution >= 4 is 43.6 Å². The number of nitrogens with zero attached hydrogens (tertiary/aromatic N) is 1. The third kappa shape index (κ3) is 4.81. The lowest BCUT2D eigenvalue weighted by Crippen LogP contribution is -2.34. The molecule has 1 N–H and O–H groups in total. The quantitative estimate of drug-likeness (QED) is 0.798. The Morgan fingerprint density at radius 2 is 2.18 bits per heavy atom. The molecular formula is C14H16BrFN2O3S. The van der Waals surface area contributed by atoms with Crippen LogP contribution >= 0.6 is 27.3 Å². The Morgan fingerprint density at radius 3 is 2.86 bits per heavy atom. The minimum Gasteiger partial charge on any atom is -0.492 e. The van der Waals surface area contributed by atoms with Crippen LogP contribution in [0.2, 0.25) is 0 Å². The Balaban J connectivity index is 1.86. The van der Waals surface area contributed by atoms with Crippen molar-refractivity contribution in [3.8, 4) is 5.75 Å². The maximum atomic E-state index is 13.8. The van der Waals surface area contributed by atoms with Crippen LogP contribution in [-0.4, -0.2) is 29.8 Å². The Labute approximate surface area is 139 Å². The minimum atomic E-state index is -0.543. The standard InChI is InChI=1S/C14H16BrFN2O3S/c1-14(2,3)21-13(19)17-4-5-20-8-6-9(16)11-10(7-8)22-12(15)18-11/h6-7H,4-5H2,1-3H3,(H,17,19). The normalized spacial score (nSPS) is 11.5. The zero-order valence-corrected chi connectivity index (χ0v) is 14.8. The van der Waals surface area contributed by atoms with Gasteiger partial charge in [-0.2, -0.15) is 0 Å². The SMILES string of the molecule is CC(C)(C)OC(=O)NCCOc1cc(F)c2nc(Br)sc2c1. The molecule has 120 valence electrons. The molecule has 22 heavy (non-hydrogen) atoms. The third-order valence-corrected chi connectivity index (χ3v) is 3.89. The van der Waals surface area contributed by atoms with E-state index in [0.717, 1.165) is 0 Å². The van der Waals surface area contributed by atoms with Crippen molar-refractivity contribution in [2.75, 3.05) is 13.2 Å². The number of hydrogen-bond donors (Lipinski definition) is 1. The van der Waals surface area contributed by atoms with E-state index in [1.165, 1.54) is 17.4 Å². The summed E-state index contributed by atoms with van der Waals surface area (Å²) in [5.74, 6) is -0.0401. The second-order valence-electron chi connectivity index (χ2n) is 5.50. The molecule has 0 spiro atoms. The molecule has 1 aromatic carbocycles. The Bertz CT molecular complexity index is 685. The molecule has 0 aliphatic rings. The molecule has 5 nitrogen and oxygen atoms in total. The van der Waals surface area contributed by atoms with Gasteiger partial charge in [0.1, 0.15) is 23.5 Å². The maximum Gasteiger partial charge on any atom is 0.407 e. The highest BCUT2D eigenvalue weighted by atomic mass is 79.9. The van der Waals surface area contributed by atoms with Crippen LogP contribution in [0.3, 0.4) is 0 Å². The van der Waals surface area contributed by atoms with Crippen molar-refractivity contribution in [3.63, 3.8) is 0 Å². The predicted octanol–water partition coefficient (Wildman–Crippen LogP) is 4.10. The van der Waals surface area contributed by atoms with E-state index in [0.29, 0.717) is 19.9 Å². The summed E-state index contributed by atoms with van der Waals surface area (Å²) in [5, 5.41) is 2.57. The first-order valence-corrected chi connectivity index (χ1v) is 8.21. The number of amides is 1. The average Bonchev–Trinajstić information content (AvgIpc) is 2.74. The summed E-state index contributed by atoms with van der Waals surface area (Å²) in [4.78, 5) is 15.5. The number of alkyl carbamates (subject to hydrolysis) is 1. The number of benzene rings is 1. The Hall–Kier alpha value is -1.41. The first kappa shape index (κ1) is 17.0. The van der Waals surface area contributed by atoms with Gasteiger partial charge in [-0.1, -0.05) is 0 Å². The van der Waals surface area contributed by atoms with E-state index in [9.17, 15) is 9.18 Å². The van der Waals surface area contributed by atoms with Crippen molar-refractivity contribution in [2.45, 2.75) is 26.4 Å². The summed E-state index contributed by atoms with van der Waals surface area (Å²) < 4.78 is 25.7. The Morgan fingerprint density at radius 1 is 1.45 bits per heavy atom. The summed E-state index contributed by atoms with van der Waals surface area (Å²) in [5.41, 5.74) is -0.227. The smallest absolute Gasteiger partial charge is 0.407 e. The van der Waals surface area contributed by atoms with E-state index in [4.69, 9.17) is 9.47 Å². The van der Waals surface area contributed by atoms with Crippen LogP contribution in [-0.2, 0) is 4.74 Å². The monoisotopic (exact) mass is 390 g/mol. The van der Waals surface area contributed by atoms with Crippen LogP contribution in [0, 0.1) is 5.82 Å². The van der Waals surface area contributed by atoms with Crippen molar-refractivity contribution in [1.82, 2.24) is 10.3 Å². The maximum absolute atomic E-state index is 13.8. The van der Waals surface area contributed by atoms with Gasteiger partial charge < -0.3 is 14.8 Å². The van der Waals surface area contributed by atoms with E-state index in [1.807, 2.05) is 0 Å². The molecule has 0 atom stereocenters. The number of aromatic nitrogens is 1. The fraction of sp³-hybridized carbons (Fsp3) is 0.429. The van der Waals surface area contributed by atoms with Crippen LogP contribution in [0.4, 0.5) is 9.18 Å². The minimum absolute atomic E-state index is 0.212. The summed E-state index contributed by atoms with van der Waals surface area (Å²) in [6, 6.07) is 3.00. The number of nitrogens with one attached hydrogen (secondary N) is 1. The largest absolute Gasteiger partial charge is 0.492 e. The lowest BCUT2D eigenvalue weighted by atomic mass is 10.2. The van der Waals surface area contributed by atoms with E-state index >= 15 is 0 Å². The first-order chi connectivity index (χ1) is 10.2. The Kier molecular flexibility index (Phi) is 5.23. The number of carbonyl (C=O) groups excluding carboxylic acids is 1. The molecule has 1 amide bonds. The van der Waals surface area contributed by atoms with Gasteiger partial charge in [-0.05, 0) is 42.8 Å². The topological polar surface area (TPSA) is 60.5 Å². The summed E-state index contributed by atoms with van der Waals surface area (Å²) in [6.45, 7) is 5.84. The number of hydrogen-bond acceptors (Lipinski definition) is 5. The van der Waals surface area contributed by atoms with E-state index in [1.54, 1.807) is 26.8 Å². The molecule has 8 heteroatoms. The van der Waals surface area contributed by atoms with Crippen LogP contribution < -0.4 is 10.1 Å².